The minimum Gasteiger partial charge on any atom is -0.432 e. The topological polar surface area (TPSA) is 35.0 Å². The number of rotatable bonds is 4. The van der Waals surface area contributed by atoms with Gasteiger partial charge >= 0.3 is 6.61 Å². The highest BCUT2D eigenvalue weighted by Gasteiger charge is 2.11. The lowest BCUT2D eigenvalue weighted by atomic mass is 10.1. The van der Waals surface area contributed by atoms with Crippen LogP contribution in [0.3, 0.4) is 0 Å². The van der Waals surface area contributed by atoms with E-state index in [1.54, 1.807) is 18.7 Å². The Morgan fingerprint density at radius 3 is 2.72 bits per heavy atom. The van der Waals surface area contributed by atoms with Crippen LogP contribution in [0.15, 0.2) is 36.8 Å². The molecule has 93 valence electrons. The summed E-state index contributed by atoms with van der Waals surface area (Å²) >= 11 is 0. The Kier molecular flexibility index (Phi) is 3.76. The van der Waals surface area contributed by atoms with E-state index in [9.17, 15) is 13.2 Å². The number of ether oxygens (including phenoxy) is 1. The zero-order valence-corrected chi connectivity index (χ0v) is 9.06. The van der Waals surface area contributed by atoms with Crippen molar-refractivity contribution < 1.29 is 17.9 Å². The highest BCUT2D eigenvalue weighted by Crippen LogP contribution is 2.22. The van der Waals surface area contributed by atoms with Crippen molar-refractivity contribution in [2.45, 2.75) is 6.61 Å². The molecule has 0 aliphatic heterocycles. The normalized spacial score (nSPS) is 10.7. The standard InChI is InChI=1S/C12H8F3N2O/c13-10-2-1-8(6-11(10)18-12(14)15)5-9-3-4-16-7-17-9/h1-7,12H. The number of halogens is 3. The molecule has 0 aliphatic carbocycles. The Morgan fingerprint density at radius 2 is 2.06 bits per heavy atom. The third-order valence-corrected chi connectivity index (χ3v) is 2.09. The fourth-order valence-electron chi connectivity index (χ4n) is 1.35. The molecule has 0 spiro atoms. The molecule has 1 aromatic heterocycles. The molecule has 0 saturated heterocycles. The largest absolute Gasteiger partial charge is 0.432 e. The summed E-state index contributed by atoms with van der Waals surface area (Å²) in [6.45, 7) is -3.06. The van der Waals surface area contributed by atoms with E-state index in [4.69, 9.17) is 0 Å². The van der Waals surface area contributed by atoms with Crippen LogP contribution >= 0.6 is 0 Å². The first kappa shape index (κ1) is 12.3. The highest BCUT2D eigenvalue weighted by molar-refractivity contribution is 5.38. The molecule has 0 unspecified atom stereocenters. The lowest BCUT2D eigenvalue weighted by Gasteiger charge is -2.07. The second-order valence-corrected chi connectivity index (χ2v) is 3.35. The van der Waals surface area contributed by atoms with Gasteiger partial charge in [-0.25, -0.2) is 14.4 Å². The lowest BCUT2D eigenvalue weighted by Crippen LogP contribution is -2.04. The van der Waals surface area contributed by atoms with E-state index in [0.29, 0.717) is 11.3 Å². The molecule has 2 aromatic rings. The van der Waals surface area contributed by atoms with Crippen LogP contribution in [-0.2, 0) is 0 Å². The Hall–Kier alpha value is -2.11. The highest BCUT2D eigenvalue weighted by atomic mass is 19.3. The average Bonchev–Trinajstić information content (AvgIpc) is 2.34. The summed E-state index contributed by atoms with van der Waals surface area (Å²) < 4.78 is 41.3. The second kappa shape index (κ2) is 5.48. The summed E-state index contributed by atoms with van der Waals surface area (Å²) in [6, 6.07) is 5.32. The Morgan fingerprint density at radius 1 is 1.22 bits per heavy atom. The molecule has 0 aliphatic rings. The number of aromatic nitrogens is 2. The van der Waals surface area contributed by atoms with Gasteiger partial charge in [0.25, 0.3) is 0 Å². The van der Waals surface area contributed by atoms with Crippen LogP contribution < -0.4 is 4.74 Å². The van der Waals surface area contributed by atoms with Crippen molar-refractivity contribution in [2.24, 2.45) is 0 Å². The number of alkyl halides is 2. The molecule has 0 amide bonds. The van der Waals surface area contributed by atoms with Crippen molar-refractivity contribution >= 4 is 0 Å². The molecular weight excluding hydrogens is 245 g/mol. The van der Waals surface area contributed by atoms with Crippen LogP contribution in [-0.4, -0.2) is 16.6 Å². The Labute approximate surface area is 101 Å². The number of nitrogens with zero attached hydrogens (tertiary/aromatic N) is 2. The summed E-state index contributed by atoms with van der Waals surface area (Å²) in [7, 11) is 0. The summed E-state index contributed by atoms with van der Waals surface area (Å²) in [4.78, 5) is 7.68. The van der Waals surface area contributed by atoms with E-state index in [2.05, 4.69) is 14.7 Å². The van der Waals surface area contributed by atoms with E-state index >= 15 is 0 Å². The van der Waals surface area contributed by atoms with Crippen molar-refractivity contribution in [1.82, 2.24) is 9.97 Å². The zero-order chi connectivity index (χ0) is 13.0. The van der Waals surface area contributed by atoms with Crippen LogP contribution in [0.4, 0.5) is 13.2 Å². The lowest BCUT2D eigenvalue weighted by molar-refractivity contribution is -0.0522. The maximum Gasteiger partial charge on any atom is 0.387 e. The van der Waals surface area contributed by atoms with Crippen molar-refractivity contribution in [3.8, 4) is 5.75 Å². The third-order valence-electron chi connectivity index (χ3n) is 2.09. The molecule has 1 aromatic carbocycles. The Bertz CT molecular complexity index is 520. The summed E-state index contributed by atoms with van der Waals surface area (Å²) in [6.07, 6.45) is 4.49. The molecule has 1 radical (unpaired) electrons. The first-order chi connectivity index (χ1) is 8.65. The molecular formula is C12H8F3N2O. The predicted octanol–water partition coefficient (Wildman–Crippen LogP) is 2.82. The maximum atomic E-state index is 13.2. The minimum atomic E-state index is -3.06. The fourth-order valence-corrected chi connectivity index (χ4v) is 1.35. The summed E-state index contributed by atoms with van der Waals surface area (Å²) in [5.74, 6) is -1.33. The van der Waals surface area contributed by atoms with E-state index in [1.807, 2.05) is 0 Å². The van der Waals surface area contributed by atoms with Gasteiger partial charge in [-0.1, -0.05) is 6.07 Å². The molecule has 0 fully saturated rings. The SMILES string of the molecule is Fc1ccc([CH]c2ccncn2)cc1OC(F)F. The van der Waals surface area contributed by atoms with Gasteiger partial charge in [0, 0.05) is 12.6 Å². The average molecular weight is 253 g/mol. The first-order valence-electron chi connectivity index (χ1n) is 5.00. The van der Waals surface area contributed by atoms with Gasteiger partial charge in [-0.2, -0.15) is 8.78 Å². The predicted molar refractivity (Wildman–Crippen MR) is 57.6 cm³/mol. The van der Waals surface area contributed by atoms with E-state index in [0.717, 1.165) is 6.07 Å². The molecule has 0 saturated carbocycles. The van der Waals surface area contributed by atoms with Crippen molar-refractivity contribution in [2.75, 3.05) is 0 Å². The molecule has 0 N–H and O–H groups in total. The molecule has 3 nitrogen and oxygen atoms in total. The Balaban J connectivity index is 2.19. The van der Waals surface area contributed by atoms with Gasteiger partial charge in [0.15, 0.2) is 11.6 Å². The minimum absolute atomic E-state index is 0.493. The van der Waals surface area contributed by atoms with Gasteiger partial charge in [0.1, 0.15) is 6.33 Å². The van der Waals surface area contributed by atoms with Crippen molar-refractivity contribution in [1.29, 1.82) is 0 Å². The second-order valence-electron chi connectivity index (χ2n) is 3.35. The van der Waals surface area contributed by atoms with E-state index in [1.165, 1.54) is 18.5 Å². The van der Waals surface area contributed by atoms with Gasteiger partial charge in [0.2, 0.25) is 0 Å². The summed E-state index contributed by atoms with van der Waals surface area (Å²) in [5, 5.41) is 0. The van der Waals surface area contributed by atoms with Gasteiger partial charge in [-0.15, -0.1) is 0 Å². The molecule has 2 rings (SSSR count). The molecule has 18 heavy (non-hydrogen) atoms. The van der Waals surface area contributed by atoms with Crippen LogP contribution in [0.25, 0.3) is 0 Å². The van der Waals surface area contributed by atoms with Gasteiger partial charge in [-0.05, 0) is 23.8 Å². The number of hydrogen-bond donors (Lipinski definition) is 0. The van der Waals surface area contributed by atoms with Crippen molar-refractivity contribution in [3.05, 3.63) is 60.3 Å². The quantitative estimate of drug-likeness (QED) is 0.840. The van der Waals surface area contributed by atoms with Crippen LogP contribution in [0.2, 0.25) is 0 Å². The zero-order valence-electron chi connectivity index (χ0n) is 9.06. The third kappa shape index (κ3) is 3.19. The maximum absolute atomic E-state index is 13.2. The van der Waals surface area contributed by atoms with Crippen LogP contribution in [0.1, 0.15) is 11.3 Å². The summed E-state index contributed by atoms with van der Waals surface area (Å²) in [5.41, 5.74) is 1.09. The van der Waals surface area contributed by atoms with Crippen LogP contribution in [0, 0.1) is 12.2 Å². The molecule has 1 heterocycles. The number of benzene rings is 1. The fraction of sp³-hybridized carbons (Fsp3) is 0.0833. The van der Waals surface area contributed by atoms with Crippen molar-refractivity contribution in [3.63, 3.8) is 0 Å². The van der Waals surface area contributed by atoms with Crippen LogP contribution in [0.5, 0.6) is 5.75 Å². The smallest absolute Gasteiger partial charge is 0.387 e. The van der Waals surface area contributed by atoms with E-state index < -0.39 is 18.2 Å². The van der Waals surface area contributed by atoms with Gasteiger partial charge in [-0.3, -0.25) is 0 Å². The monoisotopic (exact) mass is 253 g/mol. The van der Waals surface area contributed by atoms with E-state index in [-0.39, 0.29) is 0 Å². The number of hydrogen-bond acceptors (Lipinski definition) is 3. The first-order valence-corrected chi connectivity index (χ1v) is 5.00. The molecule has 0 bridgehead atoms. The molecule has 0 atom stereocenters. The van der Waals surface area contributed by atoms with Gasteiger partial charge < -0.3 is 4.74 Å². The van der Waals surface area contributed by atoms with Gasteiger partial charge in [0.05, 0.1) is 5.69 Å². The molecule has 6 heteroatoms.